The largest absolute Gasteiger partial charge is 0.394 e. The molecule has 0 aromatic heterocycles. The Morgan fingerprint density at radius 1 is 0.878 bits per heavy atom. The summed E-state index contributed by atoms with van der Waals surface area (Å²) in [6, 6.07) is 27.4. The predicted molar refractivity (Wildman–Crippen MR) is 189 cm³/mol. The van der Waals surface area contributed by atoms with Gasteiger partial charge in [-0.1, -0.05) is 110 Å². The van der Waals surface area contributed by atoms with E-state index < -0.39 is 35.1 Å². The SMILES string of the molecule is C=CCN(Cc1ccccc1)C(=O)C1N([C@@H](CO)Cc2ccccc2)C(=O)[C@@H]2[C@@H](C(=O)N(CC=C)Cc3ccccc3)[C@]3(C)OC12CC3C. The van der Waals surface area contributed by atoms with Crippen molar-refractivity contribution in [3.8, 4) is 0 Å². The summed E-state index contributed by atoms with van der Waals surface area (Å²) in [6.45, 7) is 12.7. The van der Waals surface area contributed by atoms with Crippen LogP contribution in [0.15, 0.2) is 116 Å². The van der Waals surface area contributed by atoms with Gasteiger partial charge in [0.25, 0.3) is 0 Å². The summed E-state index contributed by atoms with van der Waals surface area (Å²) >= 11 is 0. The highest BCUT2D eigenvalue weighted by Gasteiger charge is 2.80. The molecule has 2 bridgehead atoms. The fourth-order valence-electron chi connectivity index (χ4n) is 8.62. The number of amides is 3. The Balaban J connectivity index is 1.45. The average molecular weight is 662 g/mol. The molecule has 49 heavy (non-hydrogen) atoms. The zero-order valence-corrected chi connectivity index (χ0v) is 28.5. The molecule has 0 saturated carbocycles. The third kappa shape index (κ3) is 6.13. The molecule has 1 spiro atoms. The molecule has 3 heterocycles. The van der Waals surface area contributed by atoms with E-state index in [2.05, 4.69) is 13.2 Å². The van der Waals surface area contributed by atoms with Crippen LogP contribution in [0.2, 0.25) is 0 Å². The second-order valence-electron chi connectivity index (χ2n) is 14.0. The Kier molecular flexibility index (Phi) is 9.91. The van der Waals surface area contributed by atoms with Gasteiger partial charge < -0.3 is 24.5 Å². The Bertz CT molecular complexity index is 1670. The van der Waals surface area contributed by atoms with Crippen LogP contribution in [-0.2, 0) is 38.6 Å². The van der Waals surface area contributed by atoms with Crippen molar-refractivity contribution in [1.82, 2.24) is 14.7 Å². The van der Waals surface area contributed by atoms with E-state index in [4.69, 9.17) is 4.74 Å². The van der Waals surface area contributed by atoms with E-state index in [0.29, 0.717) is 32.5 Å². The van der Waals surface area contributed by atoms with E-state index in [-0.39, 0.29) is 36.8 Å². The molecule has 3 aliphatic rings. The zero-order valence-electron chi connectivity index (χ0n) is 28.5. The lowest BCUT2D eigenvalue weighted by molar-refractivity contribution is -0.158. The lowest BCUT2D eigenvalue weighted by atomic mass is 9.62. The van der Waals surface area contributed by atoms with Crippen molar-refractivity contribution < 1.29 is 24.2 Å². The van der Waals surface area contributed by atoms with Crippen molar-refractivity contribution in [2.24, 2.45) is 17.8 Å². The van der Waals surface area contributed by atoms with Gasteiger partial charge in [-0.3, -0.25) is 14.4 Å². The lowest BCUT2D eigenvalue weighted by Gasteiger charge is -2.39. The van der Waals surface area contributed by atoms with Crippen LogP contribution in [0.3, 0.4) is 0 Å². The number of aliphatic hydroxyl groups is 1. The maximum Gasteiger partial charge on any atom is 0.249 e. The molecule has 3 aromatic carbocycles. The van der Waals surface area contributed by atoms with Crippen molar-refractivity contribution >= 4 is 17.7 Å². The van der Waals surface area contributed by atoms with Crippen LogP contribution in [0.5, 0.6) is 0 Å². The highest BCUT2D eigenvalue weighted by molar-refractivity contribution is 5.99. The predicted octanol–water partition coefficient (Wildman–Crippen LogP) is 5.03. The van der Waals surface area contributed by atoms with E-state index in [9.17, 15) is 9.90 Å². The first-order valence-corrected chi connectivity index (χ1v) is 17.2. The van der Waals surface area contributed by atoms with E-state index in [1.165, 1.54) is 0 Å². The second-order valence-corrected chi connectivity index (χ2v) is 14.0. The van der Waals surface area contributed by atoms with Gasteiger partial charge in [0, 0.05) is 26.2 Å². The van der Waals surface area contributed by atoms with Gasteiger partial charge in [-0.15, -0.1) is 13.2 Å². The van der Waals surface area contributed by atoms with Crippen molar-refractivity contribution in [3.05, 3.63) is 133 Å². The van der Waals surface area contributed by atoms with Gasteiger partial charge in [0.2, 0.25) is 17.7 Å². The molecule has 1 N–H and O–H groups in total. The van der Waals surface area contributed by atoms with Crippen molar-refractivity contribution in [3.63, 3.8) is 0 Å². The molecule has 3 fully saturated rings. The number of aliphatic hydroxyl groups excluding tert-OH is 1. The van der Waals surface area contributed by atoms with Crippen LogP contribution in [0.1, 0.15) is 37.0 Å². The maximum atomic E-state index is 15.1. The molecule has 0 aliphatic carbocycles. The van der Waals surface area contributed by atoms with Gasteiger partial charge in [0.05, 0.1) is 30.1 Å². The molecule has 3 aliphatic heterocycles. The molecule has 3 amide bonds. The summed E-state index contributed by atoms with van der Waals surface area (Å²) in [5, 5.41) is 10.9. The van der Waals surface area contributed by atoms with Gasteiger partial charge in [-0.05, 0) is 42.4 Å². The maximum absolute atomic E-state index is 15.1. The fourth-order valence-corrected chi connectivity index (χ4v) is 8.62. The number of rotatable bonds is 14. The highest BCUT2D eigenvalue weighted by Crippen LogP contribution is 2.66. The minimum Gasteiger partial charge on any atom is -0.394 e. The molecular weight excluding hydrogens is 614 g/mol. The van der Waals surface area contributed by atoms with E-state index >= 15 is 9.59 Å². The Morgan fingerprint density at radius 2 is 1.37 bits per heavy atom. The van der Waals surface area contributed by atoms with Crippen LogP contribution in [0.4, 0.5) is 0 Å². The molecule has 8 heteroatoms. The number of hydrogen-bond donors (Lipinski definition) is 1. The summed E-state index contributed by atoms with van der Waals surface area (Å²) in [5.74, 6) is -2.63. The summed E-state index contributed by atoms with van der Waals surface area (Å²) in [5.41, 5.74) is 0.605. The van der Waals surface area contributed by atoms with Crippen LogP contribution in [0, 0.1) is 17.8 Å². The normalized spacial score (nSPS) is 27.4. The molecule has 7 atom stereocenters. The van der Waals surface area contributed by atoms with Crippen LogP contribution >= 0.6 is 0 Å². The average Bonchev–Trinajstić information content (AvgIpc) is 3.63. The Morgan fingerprint density at radius 3 is 1.86 bits per heavy atom. The molecule has 3 unspecified atom stereocenters. The van der Waals surface area contributed by atoms with Gasteiger partial charge in [0.1, 0.15) is 11.6 Å². The van der Waals surface area contributed by atoms with Gasteiger partial charge in [-0.25, -0.2) is 0 Å². The molecule has 3 saturated heterocycles. The molecule has 6 rings (SSSR count). The van der Waals surface area contributed by atoms with Crippen molar-refractivity contribution in [2.75, 3.05) is 19.7 Å². The van der Waals surface area contributed by atoms with Gasteiger partial charge in [0.15, 0.2) is 0 Å². The van der Waals surface area contributed by atoms with Crippen LogP contribution in [0.25, 0.3) is 0 Å². The molecule has 256 valence electrons. The minimum atomic E-state index is -1.25. The zero-order chi connectivity index (χ0) is 34.8. The number of carbonyl (C=O) groups is 3. The summed E-state index contributed by atoms with van der Waals surface area (Å²) in [7, 11) is 0. The third-order valence-electron chi connectivity index (χ3n) is 10.9. The monoisotopic (exact) mass is 661 g/mol. The minimum absolute atomic E-state index is 0.119. The van der Waals surface area contributed by atoms with E-state index in [1.807, 2.05) is 105 Å². The third-order valence-corrected chi connectivity index (χ3v) is 10.9. The van der Waals surface area contributed by atoms with Crippen LogP contribution < -0.4 is 0 Å². The first-order valence-electron chi connectivity index (χ1n) is 17.2. The number of fused-ring (bicyclic) bond motifs is 1. The van der Waals surface area contributed by atoms with Crippen LogP contribution in [-0.4, -0.2) is 80.5 Å². The molecule has 0 radical (unpaired) electrons. The Hall–Kier alpha value is -4.53. The quantitative estimate of drug-likeness (QED) is 0.245. The van der Waals surface area contributed by atoms with Crippen molar-refractivity contribution in [1.29, 1.82) is 0 Å². The van der Waals surface area contributed by atoms with Gasteiger partial charge >= 0.3 is 0 Å². The number of hydrogen-bond acceptors (Lipinski definition) is 5. The topological polar surface area (TPSA) is 90.4 Å². The number of benzene rings is 3. The number of nitrogens with zero attached hydrogens (tertiary/aromatic N) is 3. The first-order chi connectivity index (χ1) is 23.7. The number of likely N-dealkylation sites (tertiary alicyclic amines) is 1. The van der Waals surface area contributed by atoms with Crippen molar-refractivity contribution in [2.45, 2.75) is 63.1 Å². The first kappa shape index (κ1) is 34.3. The summed E-state index contributed by atoms with van der Waals surface area (Å²) in [6.07, 6.45) is 4.17. The van der Waals surface area contributed by atoms with E-state index in [0.717, 1.165) is 16.7 Å². The summed E-state index contributed by atoms with van der Waals surface area (Å²) in [4.78, 5) is 50.0. The number of carbonyl (C=O) groups excluding carboxylic acids is 3. The Labute approximate surface area is 289 Å². The molecule has 3 aromatic rings. The highest BCUT2D eigenvalue weighted by atomic mass is 16.5. The number of ether oxygens (including phenoxy) is 1. The smallest absolute Gasteiger partial charge is 0.249 e. The van der Waals surface area contributed by atoms with E-state index in [1.54, 1.807) is 26.9 Å². The second kappa shape index (κ2) is 14.1. The van der Waals surface area contributed by atoms with Gasteiger partial charge in [-0.2, -0.15) is 0 Å². The molecule has 8 nitrogen and oxygen atoms in total. The fraction of sp³-hybridized carbons (Fsp3) is 0.390. The standard InChI is InChI=1S/C41H47N3O5/c1-5-22-42(26-31-18-12-8-13-19-31)37(46)34-35-38(47)44(33(28-45)24-30-16-10-7-11-17-30)36(41(35)25-29(3)40(34,4)49-41)39(48)43(23-6-2)27-32-20-14-9-15-21-32/h5-21,29,33-36,45H,1-2,22-28H2,3-4H3/t29?,33-,34+,35+,36?,40-,41?/m1/s1. The molecular formula is C41H47N3O5. The summed E-state index contributed by atoms with van der Waals surface area (Å²) < 4.78 is 7.06. The lowest BCUT2D eigenvalue weighted by Crippen LogP contribution is -2.59.